The fraction of sp³-hybridized carbons (Fsp3) is 0.357. The summed E-state index contributed by atoms with van der Waals surface area (Å²) in [6.45, 7) is 3.53. The molecule has 0 radical (unpaired) electrons. The molecule has 0 unspecified atom stereocenters. The number of hydrogen-bond donors (Lipinski definition) is 1. The van der Waals surface area contributed by atoms with E-state index in [2.05, 4.69) is 22.4 Å². The van der Waals surface area contributed by atoms with Gasteiger partial charge in [-0.25, -0.2) is 0 Å². The molecule has 0 bridgehead atoms. The molecule has 2 aromatic rings. The zero-order valence-electron chi connectivity index (χ0n) is 11.9. The third kappa shape index (κ3) is 3.95. The Morgan fingerprint density at radius 2 is 2.00 bits per heavy atom. The Morgan fingerprint density at radius 1 is 1.27 bits per heavy atom. The van der Waals surface area contributed by atoms with Gasteiger partial charge in [-0.2, -0.15) is 0 Å². The maximum atomic E-state index is 12.3. The molecule has 1 amide bonds. The van der Waals surface area contributed by atoms with Crippen molar-refractivity contribution in [2.45, 2.75) is 6.54 Å². The van der Waals surface area contributed by atoms with E-state index in [0.29, 0.717) is 17.9 Å². The monoisotopic (exact) mass is 363 g/mol. The number of furan rings is 1. The highest BCUT2D eigenvalue weighted by Gasteiger charge is 2.23. The molecule has 3 heterocycles. The second kappa shape index (κ2) is 8.43. The predicted molar refractivity (Wildman–Crippen MR) is 93.5 cm³/mol. The van der Waals surface area contributed by atoms with Crippen molar-refractivity contribution in [3.05, 3.63) is 41.2 Å². The molecule has 1 fully saturated rings. The van der Waals surface area contributed by atoms with Crippen LogP contribution in [0.5, 0.6) is 0 Å². The molecular formula is C14H19Cl2N3O2S. The van der Waals surface area contributed by atoms with Gasteiger partial charge in [0.25, 0.3) is 5.91 Å². The van der Waals surface area contributed by atoms with Gasteiger partial charge in [-0.1, -0.05) is 0 Å². The molecular weight excluding hydrogens is 345 g/mol. The SMILES string of the molecule is Cl.Cl.NCc1cc(C(=O)N2CCN(c3cccs3)CC2)co1. The van der Waals surface area contributed by atoms with Crippen molar-refractivity contribution in [1.29, 1.82) is 0 Å². The van der Waals surface area contributed by atoms with E-state index in [-0.39, 0.29) is 30.7 Å². The molecule has 3 rings (SSSR count). The van der Waals surface area contributed by atoms with Crippen LogP contribution in [0.2, 0.25) is 0 Å². The Bertz CT molecular complexity index is 581. The van der Waals surface area contributed by atoms with Gasteiger partial charge in [-0.15, -0.1) is 36.2 Å². The largest absolute Gasteiger partial charge is 0.467 e. The standard InChI is InChI=1S/C14H17N3O2S.2ClH/c15-9-12-8-11(10-19-12)14(18)17-5-3-16(4-6-17)13-2-1-7-20-13;;/h1-2,7-8,10H,3-6,9,15H2;2*1H. The van der Waals surface area contributed by atoms with Crippen LogP contribution >= 0.6 is 36.2 Å². The van der Waals surface area contributed by atoms with Crippen molar-refractivity contribution >= 4 is 47.1 Å². The van der Waals surface area contributed by atoms with E-state index in [1.165, 1.54) is 11.3 Å². The number of carbonyl (C=O) groups excluding carboxylic acids is 1. The summed E-state index contributed by atoms with van der Waals surface area (Å²) < 4.78 is 5.22. The van der Waals surface area contributed by atoms with E-state index in [9.17, 15) is 4.79 Å². The Morgan fingerprint density at radius 3 is 2.55 bits per heavy atom. The quantitative estimate of drug-likeness (QED) is 0.910. The van der Waals surface area contributed by atoms with Crippen LogP contribution < -0.4 is 10.6 Å². The van der Waals surface area contributed by atoms with Crippen molar-refractivity contribution in [3.63, 3.8) is 0 Å². The number of carbonyl (C=O) groups is 1. The molecule has 0 aliphatic carbocycles. The van der Waals surface area contributed by atoms with Crippen molar-refractivity contribution in [2.24, 2.45) is 5.73 Å². The van der Waals surface area contributed by atoms with Crippen LogP contribution in [-0.4, -0.2) is 37.0 Å². The highest BCUT2D eigenvalue weighted by molar-refractivity contribution is 7.14. The first kappa shape index (κ1) is 18.8. The van der Waals surface area contributed by atoms with Crippen LogP contribution in [-0.2, 0) is 6.54 Å². The normalized spacial score (nSPS) is 14.2. The average Bonchev–Trinajstić information content (AvgIpc) is 3.18. The fourth-order valence-corrected chi connectivity index (χ4v) is 3.15. The molecule has 8 heteroatoms. The van der Waals surface area contributed by atoms with Gasteiger partial charge in [-0.3, -0.25) is 4.79 Å². The summed E-state index contributed by atoms with van der Waals surface area (Å²) in [6.07, 6.45) is 1.50. The highest BCUT2D eigenvalue weighted by Crippen LogP contribution is 2.23. The number of halogens is 2. The number of hydrogen-bond acceptors (Lipinski definition) is 5. The summed E-state index contributed by atoms with van der Waals surface area (Å²) >= 11 is 1.74. The van der Waals surface area contributed by atoms with Crippen LogP contribution in [0.25, 0.3) is 0 Å². The Labute approximate surface area is 145 Å². The zero-order valence-corrected chi connectivity index (χ0v) is 14.4. The van der Waals surface area contributed by atoms with Gasteiger partial charge in [0.1, 0.15) is 12.0 Å². The third-order valence-corrected chi connectivity index (χ3v) is 4.42. The average molecular weight is 364 g/mol. The van der Waals surface area contributed by atoms with Crippen LogP contribution in [0.15, 0.2) is 34.3 Å². The van der Waals surface area contributed by atoms with E-state index in [0.717, 1.165) is 26.2 Å². The molecule has 1 aliphatic rings. The Balaban J connectivity index is 0.00000121. The second-order valence-corrected chi connectivity index (χ2v) is 5.66. The van der Waals surface area contributed by atoms with Gasteiger partial charge >= 0.3 is 0 Å². The predicted octanol–water partition coefficient (Wildman–Crippen LogP) is 2.61. The number of amides is 1. The van der Waals surface area contributed by atoms with Crippen molar-refractivity contribution in [2.75, 3.05) is 31.1 Å². The van der Waals surface area contributed by atoms with Gasteiger partial charge in [0.15, 0.2) is 0 Å². The lowest BCUT2D eigenvalue weighted by Gasteiger charge is -2.35. The first-order valence-electron chi connectivity index (χ1n) is 6.63. The summed E-state index contributed by atoms with van der Waals surface area (Å²) in [4.78, 5) is 16.5. The van der Waals surface area contributed by atoms with Gasteiger partial charge in [0.2, 0.25) is 0 Å². The number of rotatable bonds is 3. The maximum Gasteiger partial charge on any atom is 0.257 e. The van der Waals surface area contributed by atoms with E-state index >= 15 is 0 Å². The van der Waals surface area contributed by atoms with Gasteiger partial charge in [0, 0.05) is 26.2 Å². The number of nitrogens with two attached hydrogens (primary N) is 1. The molecule has 2 N–H and O–H groups in total. The van der Waals surface area contributed by atoms with Crippen LogP contribution in [0.1, 0.15) is 16.1 Å². The molecule has 5 nitrogen and oxygen atoms in total. The van der Waals surface area contributed by atoms with Crippen LogP contribution in [0.3, 0.4) is 0 Å². The molecule has 0 spiro atoms. The molecule has 0 aromatic carbocycles. The minimum atomic E-state index is 0. The van der Waals surface area contributed by atoms with Crippen LogP contribution in [0.4, 0.5) is 5.00 Å². The lowest BCUT2D eigenvalue weighted by atomic mass is 10.2. The summed E-state index contributed by atoms with van der Waals surface area (Å²) in [7, 11) is 0. The fourth-order valence-electron chi connectivity index (χ4n) is 2.36. The van der Waals surface area contributed by atoms with Gasteiger partial charge in [0.05, 0.1) is 17.1 Å². The molecule has 0 atom stereocenters. The maximum absolute atomic E-state index is 12.3. The van der Waals surface area contributed by atoms with E-state index < -0.39 is 0 Å². The first-order valence-corrected chi connectivity index (χ1v) is 7.51. The third-order valence-electron chi connectivity index (χ3n) is 3.49. The van der Waals surface area contributed by atoms with Crippen LogP contribution in [0, 0.1) is 0 Å². The Hall–Kier alpha value is -1.21. The van der Waals surface area contributed by atoms with Gasteiger partial charge < -0.3 is 20.0 Å². The molecule has 122 valence electrons. The summed E-state index contributed by atoms with van der Waals surface area (Å²) in [6, 6.07) is 5.90. The number of anilines is 1. The molecule has 22 heavy (non-hydrogen) atoms. The number of nitrogens with zero attached hydrogens (tertiary/aromatic N) is 2. The minimum Gasteiger partial charge on any atom is -0.467 e. The van der Waals surface area contributed by atoms with Crippen molar-refractivity contribution in [1.82, 2.24) is 4.90 Å². The zero-order chi connectivity index (χ0) is 13.9. The van der Waals surface area contributed by atoms with Gasteiger partial charge in [-0.05, 0) is 23.6 Å². The number of thiophene rings is 1. The summed E-state index contributed by atoms with van der Waals surface area (Å²) in [5.41, 5.74) is 6.08. The lowest BCUT2D eigenvalue weighted by molar-refractivity contribution is 0.0746. The lowest BCUT2D eigenvalue weighted by Crippen LogP contribution is -2.48. The van der Waals surface area contributed by atoms with E-state index in [4.69, 9.17) is 10.2 Å². The molecule has 2 aromatic heterocycles. The highest BCUT2D eigenvalue weighted by atomic mass is 35.5. The molecule has 1 saturated heterocycles. The molecule has 1 aliphatic heterocycles. The Kier molecular flexibility index (Phi) is 7.22. The topological polar surface area (TPSA) is 62.7 Å². The summed E-state index contributed by atoms with van der Waals surface area (Å²) in [5, 5.41) is 3.35. The smallest absolute Gasteiger partial charge is 0.257 e. The minimum absolute atomic E-state index is 0. The summed E-state index contributed by atoms with van der Waals surface area (Å²) in [5.74, 6) is 0.671. The molecule has 0 saturated carbocycles. The second-order valence-electron chi connectivity index (χ2n) is 4.74. The van der Waals surface area contributed by atoms with E-state index in [1.54, 1.807) is 17.4 Å². The number of piperazine rings is 1. The van der Waals surface area contributed by atoms with E-state index in [1.807, 2.05) is 4.90 Å². The van der Waals surface area contributed by atoms with Crippen molar-refractivity contribution in [3.8, 4) is 0 Å². The first-order chi connectivity index (χ1) is 9.78. The van der Waals surface area contributed by atoms with Crippen molar-refractivity contribution < 1.29 is 9.21 Å².